The van der Waals surface area contributed by atoms with Crippen LogP contribution in [0.3, 0.4) is 0 Å². The SMILES string of the molecule is CN(C)CCn1ccc2ccc(-c3cccs3)cc21. The lowest BCUT2D eigenvalue weighted by Gasteiger charge is -2.11. The van der Waals surface area contributed by atoms with Crippen molar-refractivity contribution in [2.75, 3.05) is 20.6 Å². The molecule has 98 valence electrons. The predicted molar refractivity (Wildman–Crippen MR) is 83.8 cm³/mol. The monoisotopic (exact) mass is 270 g/mol. The van der Waals surface area contributed by atoms with Gasteiger partial charge in [-0.3, -0.25) is 0 Å². The van der Waals surface area contributed by atoms with Gasteiger partial charge in [0, 0.05) is 29.7 Å². The first-order chi connectivity index (χ1) is 9.24. The van der Waals surface area contributed by atoms with Crippen molar-refractivity contribution in [1.29, 1.82) is 0 Å². The second kappa shape index (κ2) is 5.19. The molecule has 0 aliphatic heterocycles. The summed E-state index contributed by atoms with van der Waals surface area (Å²) >= 11 is 1.79. The number of hydrogen-bond donors (Lipinski definition) is 0. The van der Waals surface area contributed by atoms with Crippen molar-refractivity contribution in [3.8, 4) is 10.4 Å². The van der Waals surface area contributed by atoms with E-state index in [1.54, 1.807) is 11.3 Å². The Morgan fingerprint density at radius 1 is 1.16 bits per heavy atom. The molecule has 2 aromatic heterocycles. The number of rotatable bonds is 4. The molecule has 0 atom stereocenters. The second-order valence-corrected chi connectivity index (χ2v) is 6.01. The van der Waals surface area contributed by atoms with Crippen LogP contribution in [0.25, 0.3) is 21.3 Å². The molecule has 0 fully saturated rings. The molecule has 3 heteroatoms. The maximum absolute atomic E-state index is 2.34. The van der Waals surface area contributed by atoms with E-state index in [2.05, 4.69) is 71.5 Å². The lowest BCUT2D eigenvalue weighted by Crippen LogP contribution is -2.17. The van der Waals surface area contributed by atoms with Crippen LogP contribution in [0.15, 0.2) is 48.0 Å². The quantitative estimate of drug-likeness (QED) is 0.697. The van der Waals surface area contributed by atoms with Crippen LogP contribution in [0, 0.1) is 0 Å². The van der Waals surface area contributed by atoms with Crippen LogP contribution in [0.1, 0.15) is 0 Å². The summed E-state index contributed by atoms with van der Waals surface area (Å²) in [5.74, 6) is 0. The molecule has 0 bridgehead atoms. The van der Waals surface area contributed by atoms with Crippen molar-refractivity contribution in [2.24, 2.45) is 0 Å². The van der Waals surface area contributed by atoms with Crippen molar-refractivity contribution in [3.63, 3.8) is 0 Å². The maximum Gasteiger partial charge on any atom is 0.0487 e. The van der Waals surface area contributed by atoms with E-state index in [1.165, 1.54) is 21.3 Å². The first-order valence-corrected chi connectivity index (χ1v) is 7.39. The molecule has 0 spiro atoms. The highest BCUT2D eigenvalue weighted by molar-refractivity contribution is 7.13. The average molecular weight is 270 g/mol. The first kappa shape index (κ1) is 12.5. The molecule has 3 rings (SSSR count). The van der Waals surface area contributed by atoms with Crippen molar-refractivity contribution >= 4 is 22.2 Å². The van der Waals surface area contributed by atoms with Crippen LogP contribution >= 0.6 is 11.3 Å². The third-order valence-corrected chi connectivity index (χ3v) is 4.29. The molecule has 0 unspecified atom stereocenters. The van der Waals surface area contributed by atoms with Gasteiger partial charge >= 0.3 is 0 Å². The van der Waals surface area contributed by atoms with Gasteiger partial charge in [-0.25, -0.2) is 0 Å². The standard InChI is InChI=1S/C16H18N2S/c1-17(2)9-10-18-8-7-13-5-6-14(12-15(13)18)16-4-3-11-19-16/h3-8,11-12H,9-10H2,1-2H3. The fourth-order valence-electron chi connectivity index (χ4n) is 2.28. The third-order valence-electron chi connectivity index (χ3n) is 3.37. The van der Waals surface area contributed by atoms with Crippen LogP contribution in [0.2, 0.25) is 0 Å². The Labute approximate surface area is 117 Å². The summed E-state index contributed by atoms with van der Waals surface area (Å²) in [5.41, 5.74) is 2.64. The summed E-state index contributed by atoms with van der Waals surface area (Å²) in [6.07, 6.45) is 2.19. The van der Waals surface area contributed by atoms with E-state index in [9.17, 15) is 0 Å². The zero-order valence-corrected chi connectivity index (χ0v) is 12.2. The number of hydrogen-bond acceptors (Lipinski definition) is 2. The van der Waals surface area contributed by atoms with Gasteiger partial charge in [-0.15, -0.1) is 11.3 Å². The summed E-state index contributed by atoms with van der Waals surface area (Å²) in [5, 5.41) is 3.45. The van der Waals surface area contributed by atoms with E-state index < -0.39 is 0 Å². The highest BCUT2D eigenvalue weighted by Crippen LogP contribution is 2.28. The fraction of sp³-hybridized carbons (Fsp3) is 0.250. The van der Waals surface area contributed by atoms with Gasteiger partial charge in [0.2, 0.25) is 0 Å². The number of fused-ring (bicyclic) bond motifs is 1. The molecule has 0 saturated carbocycles. The normalized spacial score (nSPS) is 11.5. The Hall–Kier alpha value is -1.58. The van der Waals surface area contributed by atoms with Crippen LogP contribution in [-0.2, 0) is 6.54 Å². The Kier molecular flexibility index (Phi) is 3.40. The molecule has 0 amide bonds. The minimum atomic E-state index is 1.03. The number of benzene rings is 1. The van der Waals surface area contributed by atoms with Gasteiger partial charge in [-0.2, -0.15) is 0 Å². The molecule has 1 aromatic carbocycles. The molecule has 0 saturated heterocycles. The van der Waals surface area contributed by atoms with Crippen LogP contribution < -0.4 is 0 Å². The minimum Gasteiger partial charge on any atom is -0.346 e. The van der Waals surface area contributed by atoms with Crippen LogP contribution in [0.5, 0.6) is 0 Å². The molecule has 0 aliphatic carbocycles. The Morgan fingerprint density at radius 3 is 2.79 bits per heavy atom. The summed E-state index contributed by atoms with van der Waals surface area (Å²) in [6, 6.07) is 13.2. The van der Waals surface area contributed by atoms with E-state index in [1.807, 2.05) is 0 Å². The number of aromatic nitrogens is 1. The van der Waals surface area contributed by atoms with Gasteiger partial charge in [-0.1, -0.05) is 18.2 Å². The smallest absolute Gasteiger partial charge is 0.0487 e. The van der Waals surface area contributed by atoms with Gasteiger partial charge in [0.25, 0.3) is 0 Å². The lowest BCUT2D eigenvalue weighted by molar-refractivity contribution is 0.387. The topological polar surface area (TPSA) is 8.17 Å². The van der Waals surface area contributed by atoms with Crippen molar-refractivity contribution in [1.82, 2.24) is 9.47 Å². The minimum absolute atomic E-state index is 1.03. The number of thiophene rings is 1. The Morgan fingerprint density at radius 2 is 2.05 bits per heavy atom. The van der Waals surface area contributed by atoms with Crippen molar-refractivity contribution in [3.05, 3.63) is 48.0 Å². The van der Waals surface area contributed by atoms with Crippen LogP contribution in [0.4, 0.5) is 0 Å². The molecular weight excluding hydrogens is 252 g/mol. The fourth-order valence-corrected chi connectivity index (χ4v) is 3.01. The van der Waals surface area contributed by atoms with E-state index in [-0.39, 0.29) is 0 Å². The maximum atomic E-state index is 2.34. The molecule has 0 N–H and O–H groups in total. The predicted octanol–water partition coefficient (Wildman–Crippen LogP) is 3.93. The largest absolute Gasteiger partial charge is 0.346 e. The highest BCUT2D eigenvalue weighted by Gasteiger charge is 2.05. The van der Waals surface area contributed by atoms with Crippen LogP contribution in [-0.4, -0.2) is 30.1 Å². The first-order valence-electron chi connectivity index (χ1n) is 6.51. The Bertz CT molecular complexity index is 665. The third kappa shape index (κ3) is 2.57. The second-order valence-electron chi connectivity index (χ2n) is 5.06. The number of likely N-dealkylation sites (N-methyl/N-ethyl adjacent to an activating group) is 1. The number of nitrogens with zero attached hydrogens (tertiary/aromatic N) is 2. The molecule has 0 aliphatic rings. The van der Waals surface area contributed by atoms with Gasteiger partial charge in [-0.05, 0) is 48.6 Å². The average Bonchev–Trinajstić information content (AvgIpc) is 3.05. The molecule has 2 nitrogen and oxygen atoms in total. The van der Waals surface area contributed by atoms with E-state index in [4.69, 9.17) is 0 Å². The summed E-state index contributed by atoms with van der Waals surface area (Å²) < 4.78 is 2.34. The van der Waals surface area contributed by atoms with E-state index >= 15 is 0 Å². The van der Waals surface area contributed by atoms with Gasteiger partial charge in [0.15, 0.2) is 0 Å². The molecule has 2 heterocycles. The highest BCUT2D eigenvalue weighted by atomic mass is 32.1. The van der Waals surface area contributed by atoms with Gasteiger partial charge < -0.3 is 9.47 Å². The zero-order chi connectivity index (χ0) is 13.2. The molecular formula is C16H18N2S. The van der Waals surface area contributed by atoms with Crippen molar-refractivity contribution < 1.29 is 0 Å². The van der Waals surface area contributed by atoms with Gasteiger partial charge in [0.05, 0.1) is 0 Å². The zero-order valence-electron chi connectivity index (χ0n) is 11.3. The van der Waals surface area contributed by atoms with Crippen molar-refractivity contribution in [2.45, 2.75) is 6.54 Å². The molecule has 3 aromatic rings. The molecule has 0 radical (unpaired) electrons. The summed E-state index contributed by atoms with van der Waals surface area (Å²) in [7, 11) is 4.23. The van der Waals surface area contributed by atoms with E-state index in [0.29, 0.717) is 0 Å². The lowest BCUT2D eigenvalue weighted by atomic mass is 10.1. The van der Waals surface area contributed by atoms with Gasteiger partial charge in [0.1, 0.15) is 0 Å². The van der Waals surface area contributed by atoms with E-state index in [0.717, 1.165) is 13.1 Å². The summed E-state index contributed by atoms with van der Waals surface area (Å²) in [4.78, 5) is 3.55. The Balaban J connectivity index is 1.98. The molecule has 19 heavy (non-hydrogen) atoms. The summed E-state index contributed by atoms with van der Waals surface area (Å²) in [6.45, 7) is 2.09.